The van der Waals surface area contributed by atoms with Crippen LogP contribution in [-0.4, -0.2) is 226 Å². The minimum absolute atomic E-state index is 0.0431. The average molecular weight is 1590 g/mol. The largest absolute Gasteiger partial charge is 0.447 e. The molecular weight excluding hydrogens is 1520 g/mol. The molecule has 6 N–H and O–H groups in total. The number of ether oxygens (including phenoxy) is 7. The van der Waals surface area contributed by atoms with E-state index in [1.54, 1.807) is 62.3 Å². The Morgan fingerprint density at radius 3 is 1.03 bits per heavy atom. The Hall–Kier alpha value is -12.6. The first-order chi connectivity index (χ1) is 54.5. The molecular formula is C68H68F3N21O22. The van der Waals surface area contributed by atoms with E-state index in [9.17, 15) is 57.5 Å². The normalized spacial score (nSPS) is 28.1. The Morgan fingerprint density at radius 2 is 0.746 bits per heavy atom. The average Bonchev–Trinajstić information content (AvgIpc) is 1.17. The fourth-order valence-corrected chi connectivity index (χ4v) is 18.4. The number of barbiturate groups is 3. The molecule has 18 rings (SSSR count). The quantitative estimate of drug-likeness (QED) is 0.0368. The first kappa shape index (κ1) is 75.4. The summed E-state index contributed by atoms with van der Waals surface area (Å²) in [6.45, 7) is 13.0. The highest BCUT2D eigenvalue weighted by Gasteiger charge is 2.67. The number of nitrogens with one attached hydrogen (secondary N) is 6. The van der Waals surface area contributed by atoms with E-state index in [1.807, 2.05) is 6.92 Å². The van der Waals surface area contributed by atoms with E-state index in [1.165, 1.54) is 17.0 Å². The van der Waals surface area contributed by atoms with Gasteiger partial charge in [-0.05, 0) is 94.4 Å². The summed E-state index contributed by atoms with van der Waals surface area (Å²) in [5, 5.41) is 32.3. The van der Waals surface area contributed by atoms with Gasteiger partial charge in [0.15, 0.2) is 51.2 Å². The topological polar surface area (TPSA) is 537 Å². The molecule has 0 unspecified atom stereocenters. The van der Waals surface area contributed by atoms with Crippen LogP contribution in [0, 0.1) is 33.7 Å². The van der Waals surface area contributed by atoms with E-state index in [-0.39, 0.29) is 175 Å². The van der Waals surface area contributed by atoms with Gasteiger partial charge in [0, 0.05) is 55.3 Å². The molecule has 0 saturated carbocycles. The van der Waals surface area contributed by atoms with Crippen LogP contribution in [0.25, 0.3) is 53.8 Å². The molecule has 12 atom stereocenters. The SMILES string of the molecule is CCOC[C@H]1COC(=O)N1c1noc2c(F)c3c(cc12)CC1(C(=O)NC(=O)NC1=O)[C@H]1[C@H](C)O[C@H](C)CN31.C[C@@H]1CN2c3c(cc4c(N5C(=O)OC[C@@H]5CN=[N+]=[N-])noc4c3F)CC3(C(=O)NC(=O)NC3=O)[C@H]2[C@H](C)O1.C[C@@H]1CN2c3c(cc4c(N5C(=O)OC[C@H]5CN=[N+]=[N-])noc4c3F)CC3(C(=O)NC(=O)NC3=O)[C@H]2[C@H](C)O1. The van der Waals surface area contributed by atoms with Crippen LogP contribution in [0.1, 0.15) is 65.2 Å². The number of imide groups is 6. The lowest BCUT2D eigenvalue weighted by atomic mass is 9.66. The molecule has 46 heteroatoms. The van der Waals surface area contributed by atoms with Crippen molar-refractivity contribution in [2.45, 2.75) is 141 Å². The predicted octanol–water partition coefficient (Wildman–Crippen LogP) is 4.21. The summed E-state index contributed by atoms with van der Waals surface area (Å²) in [6, 6.07) is -2.91. The Labute approximate surface area is 637 Å². The van der Waals surface area contributed by atoms with Gasteiger partial charge < -0.3 is 61.4 Å². The summed E-state index contributed by atoms with van der Waals surface area (Å²) in [6.07, 6.45) is -6.11. The highest BCUT2D eigenvalue weighted by molar-refractivity contribution is 6.23. The van der Waals surface area contributed by atoms with Crippen LogP contribution in [0.2, 0.25) is 0 Å². The van der Waals surface area contributed by atoms with E-state index >= 15 is 13.2 Å². The minimum atomic E-state index is -1.81. The molecule has 6 aromatic rings. The van der Waals surface area contributed by atoms with Crippen molar-refractivity contribution < 1.29 is 117 Å². The molecule has 9 saturated heterocycles. The first-order valence-electron chi connectivity index (χ1n) is 36.1. The number of hydrogen-bond acceptors (Lipinski definition) is 30. The summed E-state index contributed by atoms with van der Waals surface area (Å²) in [4.78, 5) is 167. The molecule has 598 valence electrons. The van der Waals surface area contributed by atoms with Gasteiger partial charge in [-0.1, -0.05) is 25.7 Å². The van der Waals surface area contributed by atoms with Gasteiger partial charge in [0.1, 0.15) is 19.8 Å². The monoisotopic (exact) mass is 1590 g/mol. The Morgan fingerprint density at radius 1 is 0.465 bits per heavy atom. The second-order valence-corrected chi connectivity index (χ2v) is 29.4. The molecule has 15 heterocycles. The maximum Gasteiger partial charge on any atom is 0.416 e. The first-order valence-corrected chi connectivity index (χ1v) is 36.1. The van der Waals surface area contributed by atoms with Crippen LogP contribution in [-0.2, 0) is 81.2 Å². The Bertz CT molecular complexity index is 5060. The van der Waals surface area contributed by atoms with E-state index < -0.39 is 160 Å². The lowest BCUT2D eigenvalue weighted by Crippen LogP contribution is -2.75. The Kier molecular flexibility index (Phi) is 18.5. The Balaban J connectivity index is 0.000000129. The number of carbonyl (C=O) groups is 12. The lowest BCUT2D eigenvalue weighted by molar-refractivity contribution is -0.154. The van der Waals surface area contributed by atoms with Gasteiger partial charge in [-0.3, -0.25) is 70.5 Å². The molecule has 3 aromatic carbocycles. The number of cyclic esters (lactones) is 3. The van der Waals surface area contributed by atoms with E-state index in [0.29, 0.717) is 12.2 Å². The van der Waals surface area contributed by atoms with Gasteiger partial charge in [0.2, 0.25) is 52.2 Å². The van der Waals surface area contributed by atoms with Crippen LogP contribution in [0.4, 0.5) is 76.5 Å². The second-order valence-electron chi connectivity index (χ2n) is 29.4. The number of hydrogen-bond donors (Lipinski definition) is 6. The second kappa shape index (κ2) is 27.9. The van der Waals surface area contributed by atoms with Gasteiger partial charge in [0.05, 0.1) is 126 Å². The number of rotatable bonds is 10. The van der Waals surface area contributed by atoms with Crippen LogP contribution in [0.15, 0.2) is 42.0 Å². The number of morpholine rings is 3. The van der Waals surface area contributed by atoms with E-state index in [2.05, 4.69) is 67.4 Å². The number of aromatic nitrogens is 3. The zero-order chi connectivity index (χ0) is 80.8. The molecule has 0 aliphatic carbocycles. The predicted molar refractivity (Wildman–Crippen MR) is 376 cm³/mol. The van der Waals surface area contributed by atoms with E-state index in [4.69, 9.17) is 57.8 Å². The van der Waals surface area contributed by atoms with Gasteiger partial charge in [-0.15, -0.1) is 0 Å². The molecule has 3 spiro atoms. The van der Waals surface area contributed by atoms with Crippen LogP contribution in [0.3, 0.4) is 0 Å². The van der Waals surface area contributed by atoms with Crippen molar-refractivity contribution in [1.82, 2.24) is 47.4 Å². The van der Waals surface area contributed by atoms with Crippen molar-refractivity contribution in [1.29, 1.82) is 0 Å². The standard InChI is InChI=1S/C24H26FN5O8.2C22H21FN8O7/c1-4-35-8-13-9-36-23(34)30(13)19-14-5-12-6-24(20(31)26-22(33)27-21(24)32)18-11(3)37-10(2)7-29(18)16(12)15(25)17(14)38-28-19;2*1-8-6-30-14-10(4-22(16(30)9(2)37-8)18(32)26-20(34)27-19(22)33)3-12-15(13(14)23)38-28-17(12)31-11(5-25-29-24)7-36-21(31)35/h5,10-11,13,18H,4,6-9H2,1-3H3,(H2,26,27,31,32,33);2*3,8-9,11,16H,4-7H2,1-2H3,(H2,26,27,32,33,34)/t10-,11+,13+,18-;8-,9+,11+,16-;8-,9+,11-,16-/m111/s1. The molecule has 3 aromatic heterocycles. The third-order valence-corrected chi connectivity index (χ3v) is 22.6. The van der Waals surface area contributed by atoms with Gasteiger partial charge >= 0.3 is 36.4 Å². The molecule has 15 amide bonds. The fourth-order valence-electron chi connectivity index (χ4n) is 18.4. The molecule has 12 aliphatic rings. The van der Waals surface area contributed by atoms with Crippen molar-refractivity contribution in [2.75, 3.05) is 95.2 Å². The zero-order valence-corrected chi connectivity index (χ0v) is 61.2. The number of anilines is 6. The summed E-state index contributed by atoms with van der Waals surface area (Å²) in [5.41, 5.74) is 12.6. The van der Waals surface area contributed by atoms with Crippen molar-refractivity contribution in [3.63, 3.8) is 0 Å². The molecule has 9 fully saturated rings. The van der Waals surface area contributed by atoms with Crippen LogP contribution >= 0.6 is 0 Å². The number of amides is 15. The van der Waals surface area contributed by atoms with E-state index in [0.717, 1.165) is 9.80 Å². The van der Waals surface area contributed by atoms with Crippen molar-refractivity contribution in [3.05, 3.63) is 73.2 Å². The summed E-state index contributed by atoms with van der Waals surface area (Å²) >= 11 is 0. The third kappa shape index (κ3) is 11.4. The number of carbonyl (C=O) groups excluding carboxylic acids is 12. The highest BCUT2D eigenvalue weighted by Crippen LogP contribution is 2.55. The molecule has 114 heavy (non-hydrogen) atoms. The number of benzene rings is 3. The lowest BCUT2D eigenvalue weighted by Gasteiger charge is -2.55. The molecule has 12 aliphatic heterocycles. The third-order valence-electron chi connectivity index (χ3n) is 22.6. The van der Waals surface area contributed by atoms with Gasteiger partial charge in [0.25, 0.3) is 0 Å². The van der Waals surface area contributed by atoms with Crippen LogP contribution in [0.5, 0.6) is 0 Å². The van der Waals surface area contributed by atoms with Crippen molar-refractivity contribution in [2.24, 2.45) is 26.5 Å². The van der Waals surface area contributed by atoms with Crippen LogP contribution < -0.4 is 61.3 Å². The van der Waals surface area contributed by atoms with Gasteiger partial charge in [-0.2, -0.15) is 0 Å². The summed E-state index contributed by atoms with van der Waals surface area (Å²) < 4.78 is 103. The molecule has 0 bridgehead atoms. The number of nitrogens with zero attached hydrogens (tertiary/aromatic N) is 15. The smallest absolute Gasteiger partial charge is 0.416 e. The number of halogens is 3. The number of azide groups is 2. The van der Waals surface area contributed by atoms with Gasteiger partial charge in [-0.25, -0.2) is 46.8 Å². The number of urea groups is 3. The van der Waals surface area contributed by atoms with Crippen molar-refractivity contribution in [3.8, 4) is 0 Å². The maximum atomic E-state index is 16.3. The zero-order valence-electron chi connectivity index (χ0n) is 61.2. The van der Waals surface area contributed by atoms with Crippen molar-refractivity contribution >= 4 is 139 Å². The molecule has 43 nitrogen and oxygen atoms in total. The maximum absolute atomic E-state index is 16.3. The number of fused-ring (bicyclic) bond motifs is 15. The molecule has 0 radical (unpaired) electrons. The summed E-state index contributed by atoms with van der Waals surface area (Å²) in [5.74, 6) is -7.24. The fraction of sp³-hybridized carbons (Fsp3) is 0.515. The highest BCUT2D eigenvalue weighted by atomic mass is 19.1. The minimum Gasteiger partial charge on any atom is -0.447 e. The summed E-state index contributed by atoms with van der Waals surface area (Å²) in [7, 11) is 0.